The third-order valence-corrected chi connectivity index (χ3v) is 1.81. The van der Waals surface area contributed by atoms with Crippen LogP contribution in [0.2, 0.25) is 0 Å². The van der Waals surface area contributed by atoms with Gasteiger partial charge in [0.15, 0.2) is 5.69 Å². The van der Waals surface area contributed by atoms with E-state index in [-0.39, 0.29) is 4.47 Å². The van der Waals surface area contributed by atoms with Crippen LogP contribution in [0.5, 0.6) is 0 Å². The summed E-state index contributed by atoms with van der Waals surface area (Å²) in [6.07, 6.45) is -7.48. The van der Waals surface area contributed by atoms with Crippen LogP contribution in [0.1, 0.15) is 16.3 Å². The summed E-state index contributed by atoms with van der Waals surface area (Å²) in [5.74, 6) is -1.77. The molecule has 0 atom stereocenters. The minimum atomic E-state index is -4.65. The molecule has 0 saturated heterocycles. The molecule has 0 aliphatic rings. The Hall–Kier alpha value is -2.64. The van der Waals surface area contributed by atoms with E-state index >= 15 is 0 Å². The standard InChI is InChI=1S/C6H3BrF3N3O.2CH2O3/c7-2-1-12-5(4(11)14)13-3(2)6(8,9)10;2*2-1(3)4/h1H,(H2,11,14);2*(H2,2,3,4). The van der Waals surface area contributed by atoms with Gasteiger partial charge in [0, 0.05) is 6.20 Å². The Labute approximate surface area is 127 Å². The Morgan fingerprint density at radius 1 is 1.09 bits per heavy atom. The molecule has 1 aromatic heterocycles. The van der Waals surface area contributed by atoms with Crippen molar-refractivity contribution >= 4 is 34.1 Å². The molecule has 0 aliphatic heterocycles. The molecule has 10 nitrogen and oxygen atoms in total. The highest BCUT2D eigenvalue weighted by Crippen LogP contribution is 2.32. The topological polar surface area (TPSA) is 184 Å². The van der Waals surface area contributed by atoms with Gasteiger partial charge in [-0.05, 0) is 15.9 Å². The second-order valence-electron chi connectivity index (χ2n) is 2.82. The van der Waals surface area contributed by atoms with Crippen molar-refractivity contribution < 1.29 is 48.0 Å². The summed E-state index contributed by atoms with van der Waals surface area (Å²) >= 11 is 2.62. The molecule has 1 aromatic rings. The maximum Gasteiger partial charge on any atom is 0.503 e. The highest BCUT2D eigenvalue weighted by atomic mass is 79.9. The second-order valence-corrected chi connectivity index (χ2v) is 3.67. The number of alkyl halides is 3. The maximum absolute atomic E-state index is 12.2. The van der Waals surface area contributed by atoms with E-state index in [0.717, 1.165) is 6.20 Å². The molecule has 0 fully saturated rings. The van der Waals surface area contributed by atoms with Gasteiger partial charge in [0.1, 0.15) is 0 Å². The van der Waals surface area contributed by atoms with E-state index in [1.165, 1.54) is 0 Å². The summed E-state index contributed by atoms with van der Waals surface area (Å²) in [6.45, 7) is 0. The van der Waals surface area contributed by atoms with Crippen molar-refractivity contribution in [3.63, 3.8) is 0 Å². The number of hydrogen-bond donors (Lipinski definition) is 5. The summed E-state index contributed by atoms with van der Waals surface area (Å²) in [4.78, 5) is 33.9. The third kappa shape index (κ3) is 11.2. The normalized spacial score (nSPS) is 9.45. The molecule has 1 heterocycles. The first kappa shape index (κ1) is 21.7. The van der Waals surface area contributed by atoms with Crippen LogP contribution in [0.3, 0.4) is 0 Å². The lowest BCUT2D eigenvalue weighted by molar-refractivity contribution is -0.141. The van der Waals surface area contributed by atoms with Crippen LogP contribution in [0.15, 0.2) is 10.7 Å². The smallest absolute Gasteiger partial charge is 0.450 e. The van der Waals surface area contributed by atoms with E-state index < -0.39 is 35.9 Å². The Morgan fingerprint density at radius 2 is 1.45 bits per heavy atom. The zero-order chi connectivity index (χ0) is 18.1. The largest absolute Gasteiger partial charge is 0.503 e. The van der Waals surface area contributed by atoms with Gasteiger partial charge in [-0.1, -0.05) is 0 Å². The number of carboxylic acid groups (broad SMARTS) is 4. The fraction of sp³-hybridized carbons (Fsp3) is 0.125. The molecule has 22 heavy (non-hydrogen) atoms. The van der Waals surface area contributed by atoms with Gasteiger partial charge in [-0.2, -0.15) is 13.2 Å². The first-order valence-electron chi connectivity index (χ1n) is 4.52. The van der Waals surface area contributed by atoms with E-state index in [1.54, 1.807) is 0 Å². The second kappa shape index (κ2) is 9.32. The molecule has 0 aliphatic carbocycles. The lowest BCUT2D eigenvalue weighted by Crippen LogP contribution is -2.19. The summed E-state index contributed by atoms with van der Waals surface area (Å²) in [7, 11) is 0. The van der Waals surface area contributed by atoms with Gasteiger partial charge in [0.2, 0.25) is 5.82 Å². The number of carbonyl (C=O) groups excluding carboxylic acids is 1. The molecular weight excluding hydrogens is 387 g/mol. The van der Waals surface area contributed by atoms with Crippen molar-refractivity contribution in [2.45, 2.75) is 6.18 Å². The fourth-order valence-electron chi connectivity index (χ4n) is 0.685. The lowest BCUT2D eigenvalue weighted by atomic mass is 10.4. The first-order valence-corrected chi connectivity index (χ1v) is 5.31. The molecular formula is C8H7BrF3N3O7. The average Bonchev–Trinajstić information content (AvgIpc) is 2.25. The zero-order valence-electron chi connectivity index (χ0n) is 10.1. The van der Waals surface area contributed by atoms with Gasteiger partial charge in [-0.25, -0.2) is 19.6 Å². The summed E-state index contributed by atoms with van der Waals surface area (Å²) in [5, 5.41) is 27.9. The van der Waals surface area contributed by atoms with Crippen LogP contribution in [0.25, 0.3) is 0 Å². The molecule has 0 aromatic carbocycles. The number of aromatic nitrogens is 2. The summed E-state index contributed by atoms with van der Waals surface area (Å²) < 4.78 is 36.3. The van der Waals surface area contributed by atoms with Crippen LogP contribution >= 0.6 is 15.9 Å². The Morgan fingerprint density at radius 3 is 1.73 bits per heavy atom. The number of amides is 1. The van der Waals surface area contributed by atoms with Gasteiger partial charge < -0.3 is 26.2 Å². The maximum atomic E-state index is 12.2. The van der Waals surface area contributed by atoms with Crippen molar-refractivity contribution in [2.75, 3.05) is 0 Å². The number of nitrogens with two attached hydrogens (primary N) is 1. The van der Waals surface area contributed by atoms with Gasteiger partial charge in [0.25, 0.3) is 5.91 Å². The van der Waals surface area contributed by atoms with E-state index in [1.807, 2.05) is 0 Å². The molecule has 124 valence electrons. The molecule has 0 saturated carbocycles. The average molecular weight is 394 g/mol. The van der Waals surface area contributed by atoms with Crippen molar-refractivity contribution in [1.29, 1.82) is 0 Å². The predicted molar refractivity (Wildman–Crippen MR) is 64.6 cm³/mol. The molecule has 1 amide bonds. The highest BCUT2D eigenvalue weighted by molar-refractivity contribution is 9.10. The van der Waals surface area contributed by atoms with E-state index in [0.29, 0.717) is 0 Å². The van der Waals surface area contributed by atoms with Gasteiger partial charge in [-0.3, -0.25) is 4.79 Å². The fourth-order valence-corrected chi connectivity index (χ4v) is 1.10. The SMILES string of the molecule is NC(=O)c1ncc(Br)c(C(F)(F)F)n1.O=C(O)O.O=C(O)O. The molecule has 1 rings (SSSR count). The molecule has 0 unspecified atom stereocenters. The number of nitrogens with zero attached hydrogens (tertiary/aromatic N) is 2. The number of hydrogen-bond acceptors (Lipinski definition) is 5. The predicted octanol–water partition coefficient (Wildman–Crippen LogP) is 1.80. The first-order chi connectivity index (χ1) is 9.78. The number of carbonyl (C=O) groups is 3. The van der Waals surface area contributed by atoms with Crippen LogP contribution in [0, 0.1) is 0 Å². The summed E-state index contributed by atoms with van der Waals surface area (Å²) in [6, 6.07) is 0. The van der Waals surface area contributed by atoms with Gasteiger partial charge >= 0.3 is 18.5 Å². The summed E-state index contributed by atoms with van der Waals surface area (Å²) in [5.41, 5.74) is 3.51. The molecule has 6 N–H and O–H groups in total. The Bertz CT molecular complexity index is 532. The third-order valence-electron chi connectivity index (χ3n) is 1.23. The Balaban J connectivity index is 0. The minimum Gasteiger partial charge on any atom is -0.450 e. The van der Waals surface area contributed by atoms with E-state index in [2.05, 4.69) is 25.9 Å². The number of rotatable bonds is 1. The van der Waals surface area contributed by atoms with Gasteiger partial charge in [-0.15, -0.1) is 0 Å². The Kier molecular flexibility index (Phi) is 9.18. The van der Waals surface area contributed by atoms with E-state index in [4.69, 9.17) is 35.7 Å². The highest BCUT2D eigenvalue weighted by Gasteiger charge is 2.36. The van der Waals surface area contributed by atoms with Crippen LogP contribution in [-0.4, -0.2) is 48.6 Å². The molecule has 0 bridgehead atoms. The van der Waals surface area contributed by atoms with Crippen molar-refractivity contribution in [2.24, 2.45) is 5.73 Å². The minimum absolute atomic E-state index is 0.338. The monoisotopic (exact) mass is 393 g/mol. The van der Waals surface area contributed by atoms with Crippen molar-refractivity contribution in [3.05, 3.63) is 22.2 Å². The van der Waals surface area contributed by atoms with E-state index in [9.17, 15) is 18.0 Å². The van der Waals surface area contributed by atoms with Crippen LogP contribution in [-0.2, 0) is 6.18 Å². The molecule has 0 spiro atoms. The lowest BCUT2D eigenvalue weighted by Gasteiger charge is -2.07. The van der Waals surface area contributed by atoms with Crippen molar-refractivity contribution in [3.8, 4) is 0 Å². The number of primary amides is 1. The number of halogens is 4. The quantitative estimate of drug-likeness (QED) is 0.474. The van der Waals surface area contributed by atoms with Gasteiger partial charge in [0.05, 0.1) is 4.47 Å². The zero-order valence-corrected chi connectivity index (χ0v) is 11.7. The van der Waals surface area contributed by atoms with Crippen molar-refractivity contribution in [1.82, 2.24) is 9.97 Å². The molecule has 14 heteroatoms. The molecule has 0 radical (unpaired) electrons. The van der Waals surface area contributed by atoms with Crippen LogP contribution in [0.4, 0.5) is 22.8 Å². The van der Waals surface area contributed by atoms with Crippen LogP contribution < -0.4 is 5.73 Å².